The quantitative estimate of drug-likeness (QED) is 0.250. The maximum atomic E-state index is 12.5. The lowest BCUT2D eigenvalue weighted by Crippen LogP contribution is -2.18. The van der Waals surface area contributed by atoms with Gasteiger partial charge in [-0.15, -0.1) is 11.8 Å². The summed E-state index contributed by atoms with van der Waals surface area (Å²) in [5.41, 5.74) is 3.69. The molecule has 0 bridgehead atoms. The first-order valence-corrected chi connectivity index (χ1v) is 11.1. The topological polar surface area (TPSA) is 50.4 Å². The molecule has 2 N–H and O–H groups in total. The number of ketones is 1. The highest BCUT2D eigenvalue weighted by atomic mass is 32.2. The minimum Gasteiger partial charge on any atom is -0.494 e. The summed E-state index contributed by atoms with van der Waals surface area (Å²) in [5.74, 6) is 1.22. The Hall–Kier alpha value is -2.83. The summed E-state index contributed by atoms with van der Waals surface area (Å²) in [5, 5.41) is 6.88. The number of anilines is 2. The van der Waals surface area contributed by atoms with Gasteiger partial charge in [0.1, 0.15) is 5.75 Å². The minimum atomic E-state index is 0.0815. The van der Waals surface area contributed by atoms with Crippen LogP contribution in [0.4, 0.5) is 11.4 Å². The molecule has 0 aromatic heterocycles. The van der Waals surface area contributed by atoms with Gasteiger partial charge in [-0.3, -0.25) is 4.79 Å². The molecule has 3 rings (SSSR count). The molecule has 3 aromatic carbocycles. The monoisotopic (exact) mass is 436 g/mol. The van der Waals surface area contributed by atoms with E-state index in [1.165, 1.54) is 17.3 Å². The molecular formula is C24H24N2O2S2. The van der Waals surface area contributed by atoms with Gasteiger partial charge in [0.2, 0.25) is 0 Å². The van der Waals surface area contributed by atoms with Crippen LogP contribution in [-0.4, -0.2) is 23.3 Å². The largest absolute Gasteiger partial charge is 0.494 e. The Labute approximate surface area is 187 Å². The van der Waals surface area contributed by atoms with Gasteiger partial charge in [0.25, 0.3) is 0 Å². The fourth-order valence-electron chi connectivity index (χ4n) is 2.73. The van der Waals surface area contributed by atoms with Crippen molar-refractivity contribution in [2.45, 2.75) is 18.7 Å². The number of hydrogen-bond donors (Lipinski definition) is 2. The summed E-state index contributed by atoms with van der Waals surface area (Å²) in [4.78, 5) is 13.5. The van der Waals surface area contributed by atoms with E-state index < -0.39 is 0 Å². The van der Waals surface area contributed by atoms with Crippen LogP contribution in [-0.2, 0) is 0 Å². The van der Waals surface area contributed by atoms with Crippen LogP contribution in [0.5, 0.6) is 5.75 Å². The van der Waals surface area contributed by atoms with Crippen LogP contribution in [0.15, 0.2) is 77.7 Å². The molecule has 0 aliphatic carbocycles. The van der Waals surface area contributed by atoms with Crippen molar-refractivity contribution in [2.24, 2.45) is 0 Å². The summed E-state index contributed by atoms with van der Waals surface area (Å²) in [6.07, 6.45) is 0. The van der Waals surface area contributed by atoms with E-state index in [1.54, 1.807) is 12.1 Å². The summed E-state index contributed by atoms with van der Waals surface area (Å²) in [6, 6.07) is 23.2. The zero-order chi connectivity index (χ0) is 21.3. The average molecular weight is 437 g/mol. The van der Waals surface area contributed by atoms with E-state index in [4.69, 9.17) is 17.0 Å². The molecule has 0 atom stereocenters. The standard InChI is InChI=1S/C24H24N2O2S2/c1-3-28-21-13-9-18(10-14-21)23(27)16-30-22-6-4-5-20(15-22)26-24(29)25-19-11-7-17(2)8-12-19/h4-15H,3,16H2,1-2H3,(H2,25,26,29). The molecule has 0 aliphatic heterocycles. The Morgan fingerprint density at radius 2 is 1.67 bits per heavy atom. The van der Waals surface area contributed by atoms with Crippen molar-refractivity contribution in [3.8, 4) is 5.75 Å². The first-order valence-electron chi connectivity index (χ1n) is 9.67. The predicted molar refractivity (Wildman–Crippen MR) is 130 cm³/mol. The van der Waals surface area contributed by atoms with E-state index in [0.717, 1.165) is 22.0 Å². The second-order valence-electron chi connectivity index (χ2n) is 6.64. The molecule has 0 saturated carbocycles. The molecule has 0 heterocycles. The van der Waals surface area contributed by atoms with Crippen molar-refractivity contribution in [3.05, 3.63) is 83.9 Å². The number of ether oxygens (including phenoxy) is 1. The molecule has 4 nitrogen and oxygen atoms in total. The first kappa shape index (κ1) is 21.9. The van der Waals surface area contributed by atoms with Gasteiger partial charge in [0.15, 0.2) is 10.9 Å². The Kier molecular flexibility index (Phi) is 7.88. The van der Waals surface area contributed by atoms with E-state index >= 15 is 0 Å². The van der Waals surface area contributed by atoms with Crippen molar-refractivity contribution in [1.82, 2.24) is 0 Å². The second-order valence-corrected chi connectivity index (χ2v) is 8.10. The molecule has 0 spiro atoms. The van der Waals surface area contributed by atoms with Crippen molar-refractivity contribution in [3.63, 3.8) is 0 Å². The molecular weight excluding hydrogens is 412 g/mol. The van der Waals surface area contributed by atoms with Crippen molar-refractivity contribution >= 4 is 46.3 Å². The van der Waals surface area contributed by atoms with Gasteiger partial charge in [-0.25, -0.2) is 0 Å². The highest BCUT2D eigenvalue weighted by Crippen LogP contribution is 2.23. The highest BCUT2D eigenvalue weighted by molar-refractivity contribution is 8.00. The maximum absolute atomic E-state index is 12.5. The van der Waals surface area contributed by atoms with Gasteiger partial charge in [-0.2, -0.15) is 0 Å². The number of thiocarbonyl (C=S) groups is 1. The number of Topliss-reactive ketones (excluding diaryl/α,β-unsaturated/α-hetero) is 1. The van der Waals surface area contributed by atoms with Gasteiger partial charge in [-0.05, 0) is 80.7 Å². The normalized spacial score (nSPS) is 10.3. The summed E-state index contributed by atoms with van der Waals surface area (Å²) >= 11 is 6.90. The third kappa shape index (κ3) is 6.61. The first-order chi connectivity index (χ1) is 14.5. The van der Waals surface area contributed by atoms with Crippen molar-refractivity contribution < 1.29 is 9.53 Å². The van der Waals surface area contributed by atoms with E-state index in [2.05, 4.69) is 10.6 Å². The number of carbonyl (C=O) groups is 1. The number of nitrogens with one attached hydrogen (secondary N) is 2. The molecule has 0 radical (unpaired) electrons. The molecule has 0 aliphatic rings. The second kappa shape index (κ2) is 10.8. The number of benzene rings is 3. The highest BCUT2D eigenvalue weighted by Gasteiger charge is 2.08. The van der Waals surface area contributed by atoms with Crippen LogP contribution >= 0.6 is 24.0 Å². The van der Waals surface area contributed by atoms with Gasteiger partial charge < -0.3 is 15.4 Å². The van der Waals surface area contributed by atoms with Crippen LogP contribution in [0.25, 0.3) is 0 Å². The number of thioether (sulfide) groups is 1. The van der Waals surface area contributed by atoms with E-state index in [0.29, 0.717) is 23.0 Å². The fraction of sp³-hybridized carbons (Fsp3) is 0.167. The number of aryl methyl sites for hydroxylation is 1. The van der Waals surface area contributed by atoms with E-state index in [1.807, 2.05) is 74.5 Å². The summed E-state index contributed by atoms with van der Waals surface area (Å²) in [6.45, 7) is 4.59. The Morgan fingerprint density at radius 1 is 0.967 bits per heavy atom. The Balaban J connectivity index is 1.53. The Bertz CT molecular complexity index is 1000. The van der Waals surface area contributed by atoms with Crippen LogP contribution < -0.4 is 15.4 Å². The van der Waals surface area contributed by atoms with Gasteiger partial charge in [0.05, 0.1) is 12.4 Å². The Morgan fingerprint density at radius 3 is 2.37 bits per heavy atom. The number of hydrogen-bond acceptors (Lipinski definition) is 4. The predicted octanol–water partition coefficient (Wildman–Crippen LogP) is 6.18. The molecule has 6 heteroatoms. The molecule has 154 valence electrons. The zero-order valence-electron chi connectivity index (χ0n) is 17.0. The summed E-state index contributed by atoms with van der Waals surface area (Å²) in [7, 11) is 0. The lowest BCUT2D eigenvalue weighted by atomic mass is 10.1. The van der Waals surface area contributed by atoms with Gasteiger partial charge in [-0.1, -0.05) is 23.8 Å². The molecule has 0 saturated heterocycles. The maximum Gasteiger partial charge on any atom is 0.175 e. The van der Waals surface area contributed by atoms with Crippen LogP contribution in [0, 0.1) is 6.92 Å². The lowest BCUT2D eigenvalue weighted by Gasteiger charge is -2.12. The third-order valence-electron chi connectivity index (χ3n) is 4.26. The molecule has 0 fully saturated rings. The molecule has 30 heavy (non-hydrogen) atoms. The van der Waals surface area contributed by atoms with Crippen LogP contribution in [0.2, 0.25) is 0 Å². The molecule has 3 aromatic rings. The van der Waals surface area contributed by atoms with Gasteiger partial charge >= 0.3 is 0 Å². The molecule has 0 unspecified atom stereocenters. The number of carbonyl (C=O) groups excluding carboxylic acids is 1. The SMILES string of the molecule is CCOc1ccc(C(=O)CSc2cccc(NC(=S)Nc3ccc(C)cc3)c2)cc1. The zero-order valence-corrected chi connectivity index (χ0v) is 18.6. The van der Waals surface area contributed by atoms with E-state index in [-0.39, 0.29) is 5.78 Å². The third-order valence-corrected chi connectivity index (χ3v) is 5.46. The van der Waals surface area contributed by atoms with Crippen molar-refractivity contribution in [1.29, 1.82) is 0 Å². The lowest BCUT2D eigenvalue weighted by molar-refractivity contribution is 0.102. The van der Waals surface area contributed by atoms with Crippen LogP contribution in [0.1, 0.15) is 22.8 Å². The van der Waals surface area contributed by atoms with Gasteiger partial charge in [0, 0.05) is 21.8 Å². The van der Waals surface area contributed by atoms with E-state index in [9.17, 15) is 4.79 Å². The van der Waals surface area contributed by atoms with Crippen LogP contribution in [0.3, 0.4) is 0 Å². The van der Waals surface area contributed by atoms with Crippen molar-refractivity contribution in [2.75, 3.05) is 23.0 Å². The number of rotatable bonds is 8. The fourth-order valence-corrected chi connectivity index (χ4v) is 3.82. The summed E-state index contributed by atoms with van der Waals surface area (Å²) < 4.78 is 5.42. The molecule has 0 amide bonds. The average Bonchev–Trinajstić information content (AvgIpc) is 2.75. The minimum absolute atomic E-state index is 0.0815. The smallest absolute Gasteiger partial charge is 0.175 e.